The van der Waals surface area contributed by atoms with Crippen LogP contribution in [0.5, 0.6) is 0 Å². The number of nitrogens with zero attached hydrogens (tertiary/aromatic N) is 3. The standard InChI is InChI=1S/C13H16BrN3OS/c1-13(2,3)12-11(19-17-16-12)10(18)6-9-5-4-8(14)7-15-9/h4-5,7,10,18H,6H2,1-3H3. The van der Waals surface area contributed by atoms with Crippen LogP contribution in [0.4, 0.5) is 0 Å². The van der Waals surface area contributed by atoms with Crippen molar-refractivity contribution in [3.8, 4) is 0 Å². The molecule has 2 rings (SSSR count). The van der Waals surface area contributed by atoms with Gasteiger partial charge in [0.15, 0.2) is 0 Å². The van der Waals surface area contributed by atoms with E-state index in [-0.39, 0.29) is 5.41 Å². The van der Waals surface area contributed by atoms with E-state index in [0.29, 0.717) is 6.42 Å². The van der Waals surface area contributed by atoms with Crippen LogP contribution >= 0.6 is 27.5 Å². The minimum Gasteiger partial charge on any atom is -0.387 e. The smallest absolute Gasteiger partial charge is 0.0972 e. The van der Waals surface area contributed by atoms with Crippen LogP contribution in [0.2, 0.25) is 0 Å². The van der Waals surface area contributed by atoms with Crippen molar-refractivity contribution in [2.24, 2.45) is 0 Å². The van der Waals surface area contributed by atoms with E-state index in [2.05, 4.69) is 51.3 Å². The lowest BCUT2D eigenvalue weighted by Crippen LogP contribution is -2.16. The van der Waals surface area contributed by atoms with Gasteiger partial charge in [0.2, 0.25) is 0 Å². The molecule has 102 valence electrons. The van der Waals surface area contributed by atoms with E-state index < -0.39 is 6.10 Å². The normalized spacial score (nSPS) is 13.5. The van der Waals surface area contributed by atoms with Gasteiger partial charge in [-0.15, -0.1) is 5.10 Å². The molecule has 0 fully saturated rings. The van der Waals surface area contributed by atoms with E-state index in [1.54, 1.807) is 6.20 Å². The minimum atomic E-state index is -0.608. The molecule has 0 aliphatic heterocycles. The van der Waals surface area contributed by atoms with E-state index in [1.165, 1.54) is 11.5 Å². The van der Waals surface area contributed by atoms with Crippen molar-refractivity contribution in [2.75, 3.05) is 0 Å². The predicted molar refractivity (Wildman–Crippen MR) is 79.2 cm³/mol. The lowest BCUT2D eigenvalue weighted by Gasteiger charge is -2.18. The third kappa shape index (κ3) is 3.58. The number of hydrogen-bond donors (Lipinski definition) is 1. The van der Waals surface area contributed by atoms with Gasteiger partial charge in [-0.25, -0.2) is 0 Å². The highest BCUT2D eigenvalue weighted by atomic mass is 79.9. The van der Waals surface area contributed by atoms with Crippen molar-refractivity contribution in [3.05, 3.63) is 39.1 Å². The Morgan fingerprint density at radius 2 is 2.11 bits per heavy atom. The Kier molecular flexibility index (Phi) is 4.32. The highest BCUT2D eigenvalue weighted by molar-refractivity contribution is 9.10. The molecule has 0 amide bonds. The van der Waals surface area contributed by atoms with E-state index in [1.807, 2.05) is 12.1 Å². The number of aromatic nitrogens is 3. The van der Waals surface area contributed by atoms with E-state index >= 15 is 0 Å². The van der Waals surface area contributed by atoms with E-state index in [9.17, 15) is 5.11 Å². The van der Waals surface area contributed by atoms with Gasteiger partial charge in [0, 0.05) is 28.2 Å². The monoisotopic (exact) mass is 341 g/mol. The average Bonchev–Trinajstić information content (AvgIpc) is 2.81. The third-order valence-corrected chi connectivity index (χ3v) is 4.01. The second-order valence-electron chi connectivity index (χ2n) is 5.42. The fourth-order valence-corrected chi connectivity index (χ4v) is 2.84. The molecule has 1 N–H and O–H groups in total. The van der Waals surface area contributed by atoms with Gasteiger partial charge in [-0.05, 0) is 39.6 Å². The molecular formula is C13H16BrN3OS. The molecule has 0 spiro atoms. The molecule has 0 saturated carbocycles. The first-order valence-corrected chi connectivity index (χ1v) is 7.56. The molecule has 19 heavy (non-hydrogen) atoms. The first kappa shape index (κ1) is 14.6. The molecule has 0 radical (unpaired) electrons. The summed E-state index contributed by atoms with van der Waals surface area (Å²) in [6.45, 7) is 6.20. The van der Waals surface area contributed by atoms with Crippen molar-refractivity contribution in [1.82, 2.24) is 14.6 Å². The Morgan fingerprint density at radius 1 is 1.37 bits per heavy atom. The Labute approximate surface area is 125 Å². The summed E-state index contributed by atoms with van der Waals surface area (Å²) in [7, 11) is 0. The maximum atomic E-state index is 10.4. The van der Waals surface area contributed by atoms with Gasteiger partial charge in [0.05, 0.1) is 16.7 Å². The van der Waals surface area contributed by atoms with Crippen molar-refractivity contribution >= 4 is 27.5 Å². The van der Waals surface area contributed by atoms with Crippen LogP contribution in [0.25, 0.3) is 0 Å². The van der Waals surface area contributed by atoms with Crippen LogP contribution in [0.15, 0.2) is 22.8 Å². The topological polar surface area (TPSA) is 58.9 Å². The predicted octanol–water partition coefficient (Wildman–Crippen LogP) is 3.27. The number of hydrogen-bond acceptors (Lipinski definition) is 5. The largest absolute Gasteiger partial charge is 0.387 e. The van der Waals surface area contributed by atoms with Crippen LogP contribution in [-0.4, -0.2) is 19.7 Å². The quantitative estimate of drug-likeness (QED) is 0.930. The first-order valence-electron chi connectivity index (χ1n) is 5.99. The number of aliphatic hydroxyl groups excluding tert-OH is 1. The summed E-state index contributed by atoms with van der Waals surface area (Å²) < 4.78 is 4.90. The summed E-state index contributed by atoms with van der Waals surface area (Å²) in [4.78, 5) is 5.11. The fraction of sp³-hybridized carbons (Fsp3) is 0.462. The molecule has 1 atom stereocenters. The molecular weight excluding hydrogens is 326 g/mol. The number of pyridine rings is 1. The molecule has 2 aromatic rings. The summed E-state index contributed by atoms with van der Waals surface area (Å²) >= 11 is 4.60. The van der Waals surface area contributed by atoms with Gasteiger partial charge in [-0.2, -0.15) is 0 Å². The van der Waals surface area contributed by atoms with Crippen molar-refractivity contribution in [2.45, 2.75) is 38.7 Å². The molecule has 0 aliphatic carbocycles. The van der Waals surface area contributed by atoms with Crippen LogP contribution in [0.1, 0.15) is 43.1 Å². The zero-order valence-corrected chi connectivity index (χ0v) is 13.5. The molecule has 0 aliphatic rings. The van der Waals surface area contributed by atoms with Crippen LogP contribution < -0.4 is 0 Å². The maximum Gasteiger partial charge on any atom is 0.0972 e. The molecule has 0 bridgehead atoms. The average molecular weight is 342 g/mol. The van der Waals surface area contributed by atoms with Crippen LogP contribution in [0.3, 0.4) is 0 Å². The Bertz CT molecular complexity index is 548. The number of rotatable bonds is 3. The van der Waals surface area contributed by atoms with E-state index in [4.69, 9.17) is 0 Å². The SMILES string of the molecule is CC(C)(C)c1nnsc1C(O)Cc1ccc(Br)cn1. The maximum absolute atomic E-state index is 10.4. The van der Waals surface area contributed by atoms with Gasteiger partial charge in [0.25, 0.3) is 0 Å². The molecule has 0 saturated heterocycles. The summed E-state index contributed by atoms with van der Waals surface area (Å²) in [5, 5.41) is 14.5. The van der Waals surface area contributed by atoms with Gasteiger partial charge in [0.1, 0.15) is 0 Å². The molecule has 0 aromatic carbocycles. The summed E-state index contributed by atoms with van der Waals surface area (Å²) in [5.41, 5.74) is 1.60. The van der Waals surface area contributed by atoms with Crippen LogP contribution in [-0.2, 0) is 11.8 Å². The Hall–Kier alpha value is -0.850. The minimum absolute atomic E-state index is 0.115. The van der Waals surface area contributed by atoms with Crippen molar-refractivity contribution in [1.29, 1.82) is 0 Å². The van der Waals surface area contributed by atoms with Crippen molar-refractivity contribution in [3.63, 3.8) is 0 Å². The lowest BCUT2D eigenvalue weighted by atomic mass is 9.90. The zero-order valence-electron chi connectivity index (χ0n) is 11.1. The molecule has 6 heteroatoms. The fourth-order valence-electron chi connectivity index (χ4n) is 1.75. The van der Waals surface area contributed by atoms with Gasteiger partial charge in [-0.3, -0.25) is 4.98 Å². The van der Waals surface area contributed by atoms with E-state index in [0.717, 1.165) is 20.7 Å². The van der Waals surface area contributed by atoms with Gasteiger partial charge < -0.3 is 5.11 Å². The van der Waals surface area contributed by atoms with Crippen molar-refractivity contribution < 1.29 is 5.11 Å². The summed E-state index contributed by atoms with van der Waals surface area (Å²) in [6.07, 6.45) is 1.60. The summed E-state index contributed by atoms with van der Waals surface area (Å²) in [5.74, 6) is 0. The third-order valence-electron chi connectivity index (χ3n) is 2.72. The number of aliphatic hydroxyl groups is 1. The van der Waals surface area contributed by atoms with Gasteiger partial charge in [-0.1, -0.05) is 25.3 Å². The molecule has 2 aromatic heterocycles. The highest BCUT2D eigenvalue weighted by Crippen LogP contribution is 2.31. The second-order valence-corrected chi connectivity index (χ2v) is 7.12. The van der Waals surface area contributed by atoms with Crippen LogP contribution in [0, 0.1) is 0 Å². The first-order chi connectivity index (χ1) is 8.88. The molecule has 2 heterocycles. The number of halogens is 1. The molecule has 1 unspecified atom stereocenters. The Balaban J connectivity index is 2.19. The Morgan fingerprint density at radius 3 is 2.68 bits per heavy atom. The zero-order chi connectivity index (χ0) is 14.0. The highest BCUT2D eigenvalue weighted by Gasteiger charge is 2.26. The summed E-state index contributed by atoms with van der Waals surface area (Å²) in [6, 6.07) is 3.82. The van der Waals surface area contributed by atoms with Gasteiger partial charge >= 0.3 is 0 Å². The molecule has 4 nitrogen and oxygen atoms in total. The second kappa shape index (κ2) is 5.64. The lowest BCUT2D eigenvalue weighted by molar-refractivity contribution is 0.178.